The van der Waals surface area contributed by atoms with Gasteiger partial charge in [0.15, 0.2) is 0 Å². The first kappa shape index (κ1) is 13.2. The summed E-state index contributed by atoms with van der Waals surface area (Å²) in [5.74, 6) is 5.73. The van der Waals surface area contributed by atoms with Gasteiger partial charge in [-0.2, -0.15) is 0 Å². The highest BCUT2D eigenvalue weighted by molar-refractivity contribution is 5.26. The second kappa shape index (κ2) is 4.56. The van der Waals surface area contributed by atoms with Crippen LogP contribution in [0.5, 0.6) is 0 Å². The Morgan fingerprint density at radius 1 is 1.00 bits per heavy atom. The number of rotatable bonds is 3. The highest BCUT2D eigenvalue weighted by Crippen LogP contribution is 2.36. The van der Waals surface area contributed by atoms with Gasteiger partial charge in [0.25, 0.3) is 0 Å². The van der Waals surface area contributed by atoms with Gasteiger partial charge in [-0.3, -0.25) is 11.3 Å². The van der Waals surface area contributed by atoms with Crippen molar-refractivity contribution in [2.24, 2.45) is 11.3 Å². The molecule has 1 atom stereocenters. The highest BCUT2D eigenvalue weighted by Gasteiger charge is 2.38. The van der Waals surface area contributed by atoms with Crippen LogP contribution >= 0.6 is 0 Å². The Kier molecular flexibility index (Phi) is 3.76. The lowest BCUT2D eigenvalue weighted by Gasteiger charge is -2.42. The fraction of sp³-hybridized carbons (Fsp3) is 0.571. The molecule has 0 amide bonds. The van der Waals surface area contributed by atoms with Crippen LogP contribution in [-0.4, -0.2) is 6.04 Å². The Morgan fingerprint density at radius 2 is 1.50 bits per heavy atom. The predicted octanol–water partition coefficient (Wildman–Crippen LogP) is 2.84. The minimum atomic E-state index is 0.00819. The Bertz CT molecular complexity index is 322. The molecule has 0 fully saturated rings. The summed E-state index contributed by atoms with van der Waals surface area (Å²) in [6.07, 6.45) is 0. The molecular formula is C14H24N2. The van der Waals surface area contributed by atoms with Crippen molar-refractivity contribution in [2.75, 3.05) is 0 Å². The Morgan fingerprint density at radius 3 is 1.88 bits per heavy atom. The van der Waals surface area contributed by atoms with E-state index in [0.717, 1.165) is 0 Å². The van der Waals surface area contributed by atoms with E-state index in [4.69, 9.17) is 5.84 Å². The summed E-state index contributed by atoms with van der Waals surface area (Å²) in [5, 5.41) is 0. The molecule has 0 radical (unpaired) electrons. The standard InChI is InChI=1S/C14H24N2/c1-13(2,3)12(16-15)14(4,5)11-9-7-6-8-10-11/h6-10,12,16H,15H2,1-5H3. The molecule has 2 nitrogen and oxygen atoms in total. The van der Waals surface area contributed by atoms with Crippen molar-refractivity contribution in [3.05, 3.63) is 35.9 Å². The lowest BCUT2D eigenvalue weighted by atomic mass is 9.68. The van der Waals surface area contributed by atoms with Crippen molar-refractivity contribution in [1.82, 2.24) is 5.43 Å². The predicted molar refractivity (Wildman–Crippen MR) is 70.0 cm³/mol. The van der Waals surface area contributed by atoms with Gasteiger partial charge in [0.2, 0.25) is 0 Å². The molecule has 0 saturated heterocycles. The molecule has 0 heterocycles. The van der Waals surface area contributed by atoms with Crippen LogP contribution in [-0.2, 0) is 5.41 Å². The van der Waals surface area contributed by atoms with Crippen LogP contribution in [0.2, 0.25) is 0 Å². The van der Waals surface area contributed by atoms with Gasteiger partial charge in [0, 0.05) is 11.5 Å². The lowest BCUT2D eigenvalue weighted by Crippen LogP contribution is -2.55. The zero-order valence-corrected chi connectivity index (χ0v) is 11.0. The topological polar surface area (TPSA) is 38.0 Å². The third-order valence-corrected chi connectivity index (χ3v) is 3.27. The maximum atomic E-state index is 5.73. The van der Waals surface area contributed by atoms with Gasteiger partial charge in [-0.15, -0.1) is 0 Å². The zero-order chi connectivity index (χ0) is 12.4. The van der Waals surface area contributed by atoms with Gasteiger partial charge in [-0.1, -0.05) is 65.0 Å². The number of hydrazine groups is 1. The summed E-state index contributed by atoms with van der Waals surface area (Å²) in [5.41, 5.74) is 4.42. The lowest BCUT2D eigenvalue weighted by molar-refractivity contribution is 0.183. The van der Waals surface area contributed by atoms with Crippen molar-refractivity contribution < 1.29 is 0 Å². The van der Waals surface area contributed by atoms with Crippen LogP contribution in [0, 0.1) is 5.41 Å². The van der Waals surface area contributed by atoms with Crippen LogP contribution in [0.1, 0.15) is 40.2 Å². The third-order valence-electron chi connectivity index (χ3n) is 3.27. The van der Waals surface area contributed by atoms with Gasteiger partial charge in [0.1, 0.15) is 0 Å². The molecule has 90 valence electrons. The van der Waals surface area contributed by atoms with Crippen LogP contribution in [0.25, 0.3) is 0 Å². The molecule has 1 aromatic rings. The van der Waals surface area contributed by atoms with E-state index in [-0.39, 0.29) is 16.9 Å². The third kappa shape index (κ3) is 2.63. The maximum absolute atomic E-state index is 5.73. The summed E-state index contributed by atoms with van der Waals surface area (Å²) in [6, 6.07) is 10.7. The first-order chi connectivity index (χ1) is 7.30. The quantitative estimate of drug-likeness (QED) is 0.607. The molecule has 0 saturated carbocycles. The normalized spacial score (nSPS) is 14.9. The summed E-state index contributed by atoms with van der Waals surface area (Å²) < 4.78 is 0. The van der Waals surface area contributed by atoms with Gasteiger partial charge >= 0.3 is 0 Å². The fourth-order valence-electron chi connectivity index (χ4n) is 2.58. The monoisotopic (exact) mass is 220 g/mol. The average Bonchev–Trinajstić information content (AvgIpc) is 2.17. The molecule has 0 bridgehead atoms. The Labute approximate surface area is 99.2 Å². The molecule has 0 spiro atoms. The largest absolute Gasteiger partial charge is 0.271 e. The van der Waals surface area contributed by atoms with Gasteiger partial charge < -0.3 is 0 Å². The van der Waals surface area contributed by atoms with E-state index in [1.165, 1.54) is 5.56 Å². The molecule has 1 rings (SSSR count). The van der Waals surface area contributed by atoms with Crippen LogP contribution in [0.3, 0.4) is 0 Å². The van der Waals surface area contributed by atoms with Crippen LogP contribution in [0.4, 0.5) is 0 Å². The minimum absolute atomic E-state index is 0.00819. The highest BCUT2D eigenvalue weighted by atomic mass is 15.2. The Hall–Kier alpha value is -0.860. The molecular weight excluding hydrogens is 196 g/mol. The van der Waals surface area contributed by atoms with Crippen LogP contribution < -0.4 is 11.3 Å². The van der Waals surface area contributed by atoms with Gasteiger partial charge in [-0.25, -0.2) is 0 Å². The van der Waals surface area contributed by atoms with Gasteiger partial charge in [0.05, 0.1) is 0 Å². The smallest absolute Gasteiger partial charge is 0.0350 e. The van der Waals surface area contributed by atoms with E-state index in [1.807, 2.05) is 6.07 Å². The van der Waals surface area contributed by atoms with Crippen molar-refractivity contribution in [1.29, 1.82) is 0 Å². The van der Waals surface area contributed by atoms with E-state index < -0.39 is 0 Å². The number of hydrogen-bond acceptors (Lipinski definition) is 2. The number of benzene rings is 1. The first-order valence-electron chi connectivity index (χ1n) is 5.82. The van der Waals surface area contributed by atoms with E-state index >= 15 is 0 Å². The van der Waals surface area contributed by atoms with E-state index in [9.17, 15) is 0 Å². The number of nitrogens with one attached hydrogen (secondary N) is 1. The molecule has 2 heteroatoms. The number of nitrogens with two attached hydrogens (primary N) is 1. The molecule has 0 aliphatic rings. The molecule has 0 aromatic heterocycles. The summed E-state index contributed by atoms with van der Waals surface area (Å²) in [7, 11) is 0. The fourth-order valence-corrected chi connectivity index (χ4v) is 2.58. The minimum Gasteiger partial charge on any atom is -0.271 e. The summed E-state index contributed by atoms with van der Waals surface area (Å²) in [4.78, 5) is 0. The van der Waals surface area contributed by atoms with Crippen molar-refractivity contribution in [3.8, 4) is 0 Å². The van der Waals surface area contributed by atoms with E-state index in [0.29, 0.717) is 0 Å². The second-order valence-electron chi connectivity index (χ2n) is 6.05. The van der Waals surface area contributed by atoms with Crippen molar-refractivity contribution in [2.45, 2.75) is 46.1 Å². The molecule has 1 unspecified atom stereocenters. The average molecular weight is 220 g/mol. The first-order valence-corrected chi connectivity index (χ1v) is 5.82. The SMILES string of the molecule is CC(C)(C)C(NN)C(C)(C)c1ccccc1. The second-order valence-corrected chi connectivity index (χ2v) is 6.05. The maximum Gasteiger partial charge on any atom is 0.0350 e. The van der Waals surface area contributed by atoms with Crippen molar-refractivity contribution >= 4 is 0 Å². The number of hydrogen-bond donors (Lipinski definition) is 2. The molecule has 0 aliphatic carbocycles. The molecule has 1 aromatic carbocycles. The van der Waals surface area contributed by atoms with Crippen molar-refractivity contribution in [3.63, 3.8) is 0 Å². The Balaban J connectivity index is 3.09. The van der Waals surface area contributed by atoms with Gasteiger partial charge in [-0.05, 0) is 11.0 Å². The molecule has 3 N–H and O–H groups in total. The van der Waals surface area contributed by atoms with E-state index in [2.05, 4.69) is 64.3 Å². The van der Waals surface area contributed by atoms with E-state index in [1.54, 1.807) is 0 Å². The molecule has 0 aliphatic heterocycles. The van der Waals surface area contributed by atoms with Crippen LogP contribution in [0.15, 0.2) is 30.3 Å². The summed E-state index contributed by atoms with van der Waals surface area (Å²) >= 11 is 0. The molecule has 16 heavy (non-hydrogen) atoms. The zero-order valence-electron chi connectivity index (χ0n) is 11.0. The summed E-state index contributed by atoms with van der Waals surface area (Å²) in [6.45, 7) is 11.1.